The number of aryl methyl sites for hydroxylation is 1. The molecule has 0 saturated heterocycles. The predicted octanol–water partition coefficient (Wildman–Crippen LogP) is 5.34. The minimum atomic E-state index is -0.551. The fourth-order valence-electron chi connectivity index (χ4n) is 4.96. The Labute approximate surface area is 223 Å². The van der Waals surface area contributed by atoms with Crippen LogP contribution in [0.15, 0.2) is 60.7 Å². The number of anilines is 1. The number of carbonyl (C=O) groups excluding carboxylic acids is 2. The molecule has 1 aliphatic heterocycles. The highest BCUT2D eigenvalue weighted by atomic mass is 16.7. The van der Waals surface area contributed by atoms with Crippen LogP contribution in [0.3, 0.4) is 0 Å². The summed E-state index contributed by atoms with van der Waals surface area (Å²) in [4.78, 5) is 26.0. The van der Waals surface area contributed by atoms with Crippen molar-refractivity contribution in [3.05, 3.63) is 77.4 Å². The van der Waals surface area contributed by atoms with Crippen LogP contribution in [-0.2, 0) is 10.2 Å². The van der Waals surface area contributed by atoms with Crippen LogP contribution in [0, 0.1) is 6.92 Å². The molecule has 0 radical (unpaired) electrons. The summed E-state index contributed by atoms with van der Waals surface area (Å²) >= 11 is 0. The molecule has 1 aliphatic carbocycles. The molecule has 7 nitrogen and oxygen atoms in total. The third-order valence-corrected chi connectivity index (χ3v) is 7.53. The van der Waals surface area contributed by atoms with Gasteiger partial charge in [-0.15, -0.1) is 0 Å². The van der Waals surface area contributed by atoms with E-state index in [1.165, 1.54) is 0 Å². The lowest BCUT2D eigenvalue weighted by molar-refractivity contribution is -0.118. The molecule has 1 heterocycles. The maximum absolute atomic E-state index is 13.4. The predicted molar refractivity (Wildman–Crippen MR) is 147 cm³/mol. The topological polar surface area (TPSA) is 96.9 Å². The maximum atomic E-state index is 13.4. The summed E-state index contributed by atoms with van der Waals surface area (Å²) in [6.07, 6.45) is 4.30. The molecule has 2 aliphatic rings. The number of hydrogen-bond acceptors (Lipinski definition) is 5. The molecule has 198 valence electrons. The average molecular weight is 515 g/mol. The number of unbranched alkanes of at least 4 members (excludes halogenated alkanes) is 1. The normalized spacial score (nSPS) is 15.6. The second kappa shape index (κ2) is 10.9. The minimum absolute atomic E-state index is 0.0281. The lowest BCUT2D eigenvalue weighted by Crippen LogP contribution is -2.37. The quantitative estimate of drug-likeness (QED) is 0.339. The third kappa shape index (κ3) is 5.24. The number of fused-ring (bicyclic) bond motifs is 1. The summed E-state index contributed by atoms with van der Waals surface area (Å²) in [5, 5.41) is 15.6. The first-order valence-corrected chi connectivity index (χ1v) is 13.3. The summed E-state index contributed by atoms with van der Waals surface area (Å²) in [7, 11) is 0. The van der Waals surface area contributed by atoms with Crippen molar-refractivity contribution >= 4 is 17.5 Å². The van der Waals surface area contributed by atoms with E-state index in [4.69, 9.17) is 9.47 Å². The van der Waals surface area contributed by atoms with Crippen molar-refractivity contribution in [1.82, 2.24) is 5.32 Å². The Kier molecular flexibility index (Phi) is 7.38. The van der Waals surface area contributed by atoms with E-state index in [1.54, 1.807) is 12.1 Å². The van der Waals surface area contributed by atoms with E-state index < -0.39 is 5.41 Å². The molecule has 3 N–H and O–H groups in total. The van der Waals surface area contributed by atoms with Gasteiger partial charge >= 0.3 is 0 Å². The van der Waals surface area contributed by atoms with Gasteiger partial charge in [-0.2, -0.15) is 0 Å². The fraction of sp³-hybridized carbons (Fsp3) is 0.355. The number of benzene rings is 3. The van der Waals surface area contributed by atoms with Crippen LogP contribution < -0.4 is 20.1 Å². The number of aliphatic hydroxyl groups excluding tert-OH is 1. The zero-order valence-corrected chi connectivity index (χ0v) is 21.9. The molecule has 0 spiro atoms. The largest absolute Gasteiger partial charge is 0.454 e. The summed E-state index contributed by atoms with van der Waals surface area (Å²) < 4.78 is 10.9. The highest BCUT2D eigenvalue weighted by Gasteiger charge is 2.51. The Hall–Kier alpha value is -3.84. The molecule has 0 aromatic heterocycles. The molecule has 38 heavy (non-hydrogen) atoms. The zero-order chi connectivity index (χ0) is 26.7. The SMILES string of the molecule is CCCC[C@H](CO)NC(=O)c1ccc(-c2cc(NC(=O)C3(c4ccc5c(c4)OCO5)CC3)ccc2C)cc1. The molecule has 1 fully saturated rings. The fourth-order valence-corrected chi connectivity index (χ4v) is 4.96. The summed E-state index contributed by atoms with van der Waals surface area (Å²) in [6, 6.07) is 18.8. The van der Waals surface area contributed by atoms with Crippen LogP contribution in [0.5, 0.6) is 11.5 Å². The summed E-state index contributed by atoms with van der Waals surface area (Å²) in [6.45, 7) is 4.24. The van der Waals surface area contributed by atoms with E-state index in [1.807, 2.05) is 55.5 Å². The molecular formula is C31H34N2O5. The molecule has 5 rings (SSSR count). The van der Waals surface area contributed by atoms with Gasteiger partial charge in [0.2, 0.25) is 12.7 Å². The Bertz CT molecular complexity index is 1330. The number of aliphatic hydroxyl groups is 1. The Morgan fingerprint density at radius 3 is 2.47 bits per heavy atom. The second-order valence-corrected chi connectivity index (χ2v) is 10.2. The maximum Gasteiger partial charge on any atom is 0.251 e. The van der Waals surface area contributed by atoms with Gasteiger partial charge in [0.15, 0.2) is 11.5 Å². The van der Waals surface area contributed by atoms with E-state index in [0.29, 0.717) is 17.1 Å². The lowest BCUT2D eigenvalue weighted by Gasteiger charge is -2.18. The first-order valence-electron chi connectivity index (χ1n) is 13.3. The second-order valence-electron chi connectivity index (χ2n) is 10.2. The van der Waals surface area contributed by atoms with E-state index in [0.717, 1.165) is 60.0 Å². The number of rotatable bonds is 10. The Morgan fingerprint density at radius 2 is 1.76 bits per heavy atom. The van der Waals surface area contributed by atoms with Crippen LogP contribution >= 0.6 is 0 Å². The molecule has 0 unspecified atom stereocenters. The standard InChI is InChI=1S/C31H34N2O5/c1-3-4-5-25(18-34)32-29(35)22-9-7-21(8-10-22)26-17-24(12-6-20(26)2)33-30(36)31(14-15-31)23-11-13-27-28(16-23)38-19-37-27/h6-13,16-17,25,34H,3-5,14-15,18-19H2,1-2H3,(H,32,35)(H,33,36)/t25-/m1/s1. The molecule has 1 saturated carbocycles. The van der Waals surface area contributed by atoms with Gasteiger partial charge in [-0.3, -0.25) is 9.59 Å². The van der Waals surface area contributed by atoms with Crippen molar-refractivity contribution in [2.45, 2.75) is 57.4 Å². The Balaban J connectivity index is 1.29. The van der Waals surface area contributed by atoms with Gasteiger partial charge in [-0.1, -0.05) is 44.0 Å². The monoisotopic (exact) mass is 514 g/mol. The van der Waals surface area contributed by atoms with Crippen molar-refractivity contribution < 1.29 is 24.2 Å². The van der Waals surface area contributed by atoms with Gasteiger partial charge < -0.3 is 25.2 Å². The molecule has 1 atom stereocenters. The lowest BCUT2D eigenvalue weighted by atomic mass is 9.94. The summed E-state index contributed by atoms with van der Waals surface area (Å²) in [5.74, 6) is 1.17. The van der Waals surface area contributed by atoms with Crippen LogP contribution in [0.2, 0.25) is 0 Å². The van der Waals surface area contributed by atoms with Gasteiger partial charge in [0.1, 0.15) is 0 Å². The highest BCUT2D eigenvalue weighted by Crippen LogP contribution is 2.51. The molecule has 2 amide bonds. The smallest absolute Gasteiger partial charge is 0.251 e. The van der Waals surface area contributed by atoms with Gasteiger partial charge in [0, 0.05) is 11.3 Å². The van der Waals surface area contributed by atoms with Crippen LogP contribution in [0.1, 0.15) is 60.5 Å². The van der Waals surface area contributed by atoms with E-state index in [-0.39, 0.29) is 31.3 Å². The minimum Gasteiger partial charge on any atom is -0.454 e. The number of hydrogen-bond donors (Lipinski definition) is 3. The zero-order valence-electron chi connectivity index (χ0n) is 21.9. The van der Waals surface area contributed by atoms with Gasteiger partial charge in [0.25, 0.3) is 5.91 Å². The molecular weight excluding hydrogens is 480 g/mol. The van der Waals surface area contributed by atoms with Gasteiger partial charge in [0.05, 0.1) is 18.1 Å². The highest BCUT2D eigenvalue weighted by molar-refractivity contribution is 6.02. The van der Waals surface area contributed by atoms with Crippen molar-refractivity contribution in [3.8, 4) is 22.6 Å². The van der Waals surface area contributed by atoms with Crippen molar-refractivity contribution in [2.75, 3.05) is 18.7 Å². The summed E-state index contributed by atoms with van der Waals surface area (Å²) in [5.41, 5.74) is 4.67. The third-order valence-electron chi connectivity index (χ3n) is 7.53. The Morgan fingerprint density at radius 1 is 1.00 bits per heavy atom. The molecule has 7 heteroatoms. The number of ether oxygens (including phenoxy) is 2. The first-order chi connectivity index (χ1) is 18.4. The number of amides is 2. The van der Waals surface area contributed by atoms with Crippen LogP contribution in [0.25, 0.3) is 11.1 Å². The van der Waals surface area contributed by atoms with Crippen molar-refractivity contribution in [1.29, 1.82) is 0 Å². The van der Waals surface area contributed by atoms with Crippen LogP contribution in [0.4, 0.5) is 5.69 Å². The number of carbonyl (C=O) groups is 2. The first kappa shape index (κ1) is 25.8. The average Bonchev–Trinajstić information content (AvgIpc) is 3.62. The molecule has 3 aromatic rings. The van der Waals surface area contributed by atoms with Crippen molar-refractivity contribution in [2.24, 2.45) is 0 Å². The van der Waals surface area contributed by atoms with E-state index in [9.17, 15) is 14.7 Å². The molecule has 3 aromatic carbocycles. The van der Waals surface area contributed by atoms with E-state index in [2.05, 4.69) is 17.6 Å². The molecule has 0 bridgehead atoms. The van der Waals surface area contributed by atoms with Crippen molar-refractivity contribution in [3.63, 3.8) is 0 Å². The van der Waals surface area contributed by atoms with Gasteiger partial charge in [-0.25, -0.2) is 0 Å². The van der Waals surface area contributed by atoms with Crippen LogP contribution in [-0.4, -0.2) is 36.4 Å². The van der Waals surface area contributed by atoms with E-state index >= 15 is 0 Å². The number of nitrogens with one attached hydrogen (secondary N) is 2. The van der Waals surface area contributed by atoms with Gasteiger partial charge in [-0.05, 0) is 84.8 Å².